The van der Waals surface area contributed by atoms with Gasteiger partial charge in [-0.25, -0.2) is 4.79 Å². The van der Waals surface area contributed by atoms with Crippen LogP contribution in [0.2, 0.25) is 0 Å². The van der Waals surface area contributed by atoms with Gasteiger partial charge in [-0.2, -0.15) is 0 Å². The molecule has 183 valence electrons. The molecule has 3 rings (SSSR count). The minimum atomic E-state index is -1.09. The van der Waals surface area contributed by atoms with Crippen LogP contribution in [0.3, 0.4) is 0 Å². The Labute approximate surface area is 209 Å². The van der Waals surface area contributed by atoms with Crippen molar-refractivity contribution in [2.75, 3.05) is 17.8 Å². The van der Waals surface area contributed by atoms with Crippen LogP contribution in [-0.4, -0.2) is 35.0 Å². The van der Waals surface area contributed by atoms with Crippen molar-refractivity contribution in [3.05, 3.63) is 42.5 Å². The summed E-state index contributed by atoms with van der Waals surface area (Å²) in [4.78, 5) is 42.3. The Morgan fingerprint density at radius 1 is 1.09 bits per heavy atom. The largest absolute Gasteiger partial charge is 0.481 e. The van der Waals surface area contributed by atoms with Gasteiger partial charge < -0.3 is 9.84 Å². The number of carbonyl (C=O) groups is 3. The first-order valence-corrected chi connectivity index (χ1v) is 13.7. The number of thioether (sulfide) groups is 1. The van der Waals surface area contributed by atoms with Gasteiger partial charge in [-0.3, -0.25) is 14.5 Å². The van der Waals surface area contributed by atoms with E-state index in [0.717, 1.165) is 25.7 Å². The minimum Gasteiger partial charge on any atom is -0.481 e. The number of hydrogen-bond donors (Lipinski definition) is 2. The van der Waals surface area contributed by atoms with Gasteiger partial charge in [-0.1, -0.05) is 57.7 Å². The first-order valence-electron chi connectivity index (χ1n) is 11.6. The first kappa shape index (κ1) is 26.2. The van der Waals surface area contributed by atoms with Gasteiger partial charge in [0.2, 0.25) is 5.91 Å². The lowest BCUT2D eigenvalue weighted by molar-refractivity contribution is -0.139. The van der Waals surface area contributed by atoms with Crippen LogP contribution in [0.15, 0.2) is 52.3 Å². The number of anilines is 2. The van der Waals surface area contributed by atoms with E-state index in [4.69, 9.17) is 9.84 Å². The van der Waals surface area contributed by atoms with Crippen molar-refractivity contribution in [3.63, 3.8) is 0 Å². The molecule has 0 spiro atoms. The van der Waals surface area contributed by atoms with Crippen LogP contribution >= 0.6 is 23.5 Å². The number of unbranched alkanes of at least 4 members (excludes halogenated alkanes) is 2. The second kappa shape index (κ2) is 11.8. The summed E-state index contributed by atoms with van der Waals surface area (Å²) in [6.45, 7) is 3.66. The number of ether oxygens (including phenoxy) is 1. The number of hydrogen-bond acceptors (Lipinski definition) is 5. The molecule has 1 radical (unpaired) electrons. The lowest BCUT2D eigenvalue weighted by atomic mass is 9.77. The highest BCUT2D eigenvalue weighted by molar-refractivity contribution is 8.14. The predicted molar refractivity (Wildman–Crippen MR) is 139 cm³/mol. The van der Waals surface area contributed by atoms with Gasteiger partial charge in [0.15, 0.2) is 11.7 Å². The number of nitrogens with zero attached hydrogens (tertiary/aromatic N) is 1. The summed E-state index contributed by atoms with van der Waals surface area (Å²) in [5, 5.41) is 8.99. The van der Waals surface area contributed by atoms with Crippen molar-refractivity contribution >= 4 is 51.9 Å². The van der Waals surface area contributed by atoms with E-state index in [2.05, 4.69) is 13.8 Å². The van der Waals surface area contributed by atoms with Gasteiger partial charge in [0.25, 0.3) is 0 Å². The molecule has 2 aromatic carbocycles. The molecule has 0 aliphatic carbocycles. The molecule has 0 fully saturated rings. The number of amides is 1. The molecule has 1 N–H and O–H groups in total. The minimum absolute atomic E-state index is 0.0971. The number of carboxylic acid groups (broad SMARTS) is 1. The summed E-state index contributed by atoms with van der Waals surface area (Å²) in [6.07, 6.45) is 6.28. The van der Waals surface area contributed by atoms with Gasteiger partial charge in [0, 0.05) is 10.6 Å². The molecule has 2 aromatic rings. The maximum absolute atomic E-state index is 14.3. The number of fused-ring (bicyclic) bond motifs is 1. The van der Waals surface area contributed by atoms with E-state index in [0.29, 0.717) is 51.5 Å². The fourth-order valence-corrected chi connectivity index (χ4v) is 5.95. The Morgan fingerprint density at radius 3 is 2.29 bits per heavy atom. The van der Waals surface area contributed by atoms with E-state index in [1.54, 1.807) is 11.0 Å². The summed E-state index contributed by atoms with van der Waals surface area (Å²) < 4.78 is 5.54. The fraction of sp³-hybridized carbons (Fsp3) is 0.423. The maximum atomic E-state index is 14.3. The monoisotopic (exact) mass is 502 g/mol. The highest BCUT2D eigenvalue weighted by atomic mass is 32.2. The molecule has 6 nitrogen and oxygen atoms in total. The van der Waals surface area contributed by atoms with Gasteiger partial charge in [0.1, 0.15) is 11.2 Å². The first-order chi connectivity index (χ1) is 16.4. The van der Waals surface area contributed by atoms with E-state index < -0.39 is 18.0 Å². The Kier molecular flexibility index (Phi) is 9.08. The number of rotatable bonds is 11. The van der Waals surface area contributed by atoms with E-state index in [-0.39, 0.29) is 11.0 Å². The van der Waals surface area contributed by atoms with E-state index in [1.165, 1.54) is 11.8 Å². The molecule has 0 bridgehead atoms. The maximum Gasteiger partial charge on any atom is 0.341 e. The van der Waals surface area contributed by atoms with Crippen molar-refractivity contribution in [3.8, 4) is 5.75 Å². The molecule has 1 amide bonds. The van der Waals surface area contributed by atoms with Gasteiger partial charge in [0.05, 0.1) is 10.6 Å². The van der Waals surface area contributed by atoms with Crippen molar-refractivity contribution in [1.82, 2.24) is 0 Å². The number of thiol groups is 1. The average molecular weight is 503 g/mol. The molecule has 0 saturated carbocycles. The van der Waals surface area contributed by atoms with Gasteiger partial charge in [-0.05, 0) is 43.4 Å². The van der Waals surface area contributed by atoms with Crippen LogP contribution in [-0.2, 0) is 14.4 Å². The second-order valence-corrected chi connectivity index (χ2v) is 10.3. The van der Waals surface area contributed by atoms with E-state index >= 15 is 0 Å². The topological polar surface area (TPSA) is 83.9 Å². The Hall–Kier alpha value is -2.45. The van der Waals surface area contributed by atoms with Crippen LogP contribution in [0, 0.1) is 5.41 Å². The van der Waals surface area contributed by atoms with Crippen LogP contribution in [0.25, 0.3) is 0 Å². The lowest BCUT2D eigenvalue weighted by Gasteiger charge is -2.34. The summed E-state index contributed by atoms with van der Waals surface area (Å²) in [6, 6.07) is 13.0. The van der Waals surface area contributed by atoms with E-state index in [1.807, 2.05) is 42.7 Å². The smallest absolute Gasteiger partial charge is 0.341 e. The molecule has 34 heavy (non-hydrogen) atoms. The summed E-state index contributed by atoms with van der Waals surface area (Å²) in [7, 11) is 0. The van der Waals surface area contributed by atoms with Crippen LogP contribution < -0.4 is 9.64 Å². The van der Waals surface area contributed by atoms with Crippen LogP contribution in [0.1, 0.15) is 52.4 Å². The van der Waals surface area contributed by atoms with Gasteiger partial charge >= 0.3 is 5.97 Å². The van der Waals surface area contributed by atoms with Crippen molar-refractivity contribution in [1.29, 1.82) is 0 Å². The van der Waals surface area contributed by atoms with E-state index in [9.17, 15) is 14.4 Å². The molecule has 1 aliphatic rings. The molecule has 8 heteroatoms. The van der Waals surface area contributed by atoms with Crippen molar-refractivity contribution in [2.45, 2.75) is 62.2 Å². The molecule has 0 unspecified atom stereocenters. The number of benzene rings is 2. The third kappa shape index (κ3) is 5.44. The third-order valence-electron chi connectivity index (χ3n) is 6.03. The molecular formula is C26H32NO5S2. The van der Waals surface area contributed by atoms with Crippen molar-refractivity contribution in [2.24, 2.45) is 5.41 Å². The molecule has 1 aliphatic heterocycles. The highest BCUT2D eigenvalue weighted by Gasteiger charge is 2.49. The number of aliphatic carboxylic acids is 1. The summed E-state index contributed by atoms with van der Waals surface area (Å²) >= 11 is 1.84. The molecule has 1 heterocycles. The number of carbonyl (C=O) groups excluding carboxylic acids is 2. The lowest BCUT2D eigenvalue weighted by Crippen LogP contribution is -2.45. The zero-order valence-electron chi connectivity index (χ0n) is 19.9. The van der Waals surface area contributed by atoms with Crippen LogP contribution in [0.5, 0.6) is 5.75 Å². The molecular weight excluding hydrogens is 470 g/mol. The Morgan fingerprint density at radius 2 is 1.74 bits per heavy atom. The predicted octanol–water partition coefficient (Wildman–Crippen LogP) is 6.27. The third-order valence-corrected chi connectivity index (χ3v) is 8.01. The Bertz CT molecular complexity index is 1030. The SMILES string of the molecule is CCCCC1(CCCC)C(=O)[SH]c2cc(OCC(=O)O)c(SC)cc2N(c2ccccc2)C1=O. The zero-order chi connectivity index (χ0) is 24.7. The van der Waals surface area contributed by atoms with Gasteiger partial charge in [-0.15, -0.1) is 23.5 Å². The average Bonchev–Trinajstić information content (AvgIpc) is 2.92. The van der Waals surface area contributed by atoms with Crippen molar-refractivity contribution < 1.29 is 24.2 Å². The fourth-order valence-electron chi connectivity index (χ4n) is 4.19. The van der Waals surface area contributed by atoms with Crippen LogP contribution in [0.4, 0.5) is 11.4 Å². The zero-order valence-corrected chi connectivity index (χ0v) is 21.6. The second-order valence-electron chi connectivity index (χ2n) is 8.36. The summed E-state index contributed by atoms with van der Waals surface area (Å²) in [5.74, 6) is -0.845. The highest BCUT2D eigenvalue weighted by Crippen LogP contribution is 2.51. The standard InChI is InChI=1S/C26H32NO5S2/c1-4-6-13-26(14-7-5-2)24(30)27(18-11-9-8-10-12-18)19-15-22(33-3)20(32-17-23(28)29)16-21(19)34-25(26)31/h8-12,15-16,34H,4-7,13-14,17H2,1-3H3,(H,28,29). The normalized spacial score (nSPS) is 15.1. The molecule has 0 saturated heterocycles. The quantitative estimate of drug-likeness (QED) is 0.214. The Balaban J connectivity index is 2.22. The summed E-state index contributed by atoms with van der Waals surface area (Å²) in [5.41, 5.74) is 0.264. The number of carboxylic acids is 1. The molecule has 0 aromatic heterocycles. The molecule has 0 atom stereocenters. The number of para-hydroxylation sites is 1.